The van der Waals surface area contributed by atoms with Crippen molar-refractivity contribution in [1.29, 1.82) is 0 Å². The Morgan fingerprint density at radius 3 is 2.08 bits per heavy atom. The molecular weight excluding hydrogens is 348 g/mol. The number of carbonyl (C=O) groups is 1. The van der Waals surface area contributed by atoms with E-state index >= 15 is 0 Å². The van der Waals surface area contributed by atoms with Crippen molar-refractivity contribution in [3.8, 4) is 0 Å². The molecule has 0 radical (unpaired) electrons. The number of hydrogen-bond donors (Lipinski definition) is 1. The third-order valence-electron chi connectivity index (χ3n) is 3.41. The quantitative estimate of drug-likeness (QED) is 0.621. The molecule has 0 aliphatic rings. The van der Waals surface area contributed by atoms with Crippen LogP contribution < -0.4 is 4.31 Å². The molecule has 0 saturated carbocycles. The molecule has 0 fully saturated rings. The number of rotatable bonds is 6. The fourth-order valence-electron chi connectivity index (χ4n) is 2.40. The van der Waals surface area contributed by atoms with Gasteiger partial charge in [-0.05, 0) is 49.2 Å². The van der Waals surface area contributed by atoms with Crippen molar-refractivity contribution in [2.75, 3.05) is 10.8 Å². The zero-order chi connectivity index (χ0) is 18.8. The second-order valence-electron chi connectivity index (χ2n) is 5.50. The molecule has 0 heterocycles. The summed E-state index contributed by atoms with van der Waals surface area (Å²) in [6, 6.07) is 9.27. The van der Waals surface area contributed by atoms with Crippen molar-refractivity contribution in [3.63, 3.8) is 0 Å². The molecule has 0 saturated heterocycles. The summed E-state index contributed by atoms with van der Waals surface area (Å²) in [5.41, 5.74) is 1.53. The fraction of sp³-hybridized carbons (Fsp3) is 0.188. The van der Waals surface area contributed by atoms with Crippen LogP contribution in [0.15, 0.2) is 47.4 Å². The van der Waals surface area contributed by atoms with E-state index in [-0.39, 0.29) is 16.3 Å². The predicted molar refractivity (Wildman–Crippen MR) is 91.2 cm³/mol. The number of aliphatic carboxylic acids is 1. The minimum atomic E-state index is -4.20. The molecular formula is C16H16N2O6S. The summed E-state index contributed by atoms with van der Waals surface area (Å²) in [4.78, 5) is 21.0. The average Bonchev–Trinajstić information content (AvgIpc) is 2.51. The van der Waals surface area contributed by atoms with Gasteiger partial charge in [-0.3, -0.25) is 19.2 Å². The van der Waals surface area contributed by atoms with Crippen LogP contribution in [0.4, 0.5) is 11.4 Å². The second-order valence-corrected chi connectivity index (χ2v) is 7.36. The summed E-state index contributed by atoms with van der Waals surface area (Å²) in [6.07, 6.45) is 0. The highest BCUT2D eigenvalue weighted by Gasteiger charge is 2.28. The SMILES string of the molecule is Cc1cc(C)cc(N(CC(=O)O)S(=O)(=O)c2ccc([N+](=O)[O-])cc2)c1. The Balaban J connectivity index is 2.55. The van der Waals surface area contributed by atoms with Gasteiger partial charge in [-0.15, -0.1) is 0 Å². The van der Waals surface area contributed by atoms with Gasteiger partial charge in [0.1, 0.15) is 6.54 Å². The molecule has 0 spiro atoms. The van der Waals surface area contributed by atoms with Crippen LogP contribution in [-0.2, 0) is 14.8 Å². The molecule has 132 valence electrons. The zero-order valence-electron chi connectivity index (χ0n) is 13.5. The summed E-state index contributed by atoms with van der Waals surface area (Å²) >= 11 is 0. The Bertz CT molecular complexity index is 902. The molecule has 0 aromatic heterocycles. The number of nitro benzene ring substituents is 1. The minimum absolute atomic E-state index is 0.221. The highest BCUT2D eigenvalue weighted by atomic mass is 32.2. The summed E-state index contributed by atoms with van der Waals surface area (Å²) in [6.45, 7) is 2.78. The smallest absolute Gasteiger partial charge is 0.324 e. The number of non-ortho nitro benzene ring substituents is 1. The number of benzene rings is 2. The molecule has 1 N–H and O–H groups in total. The summed E-state index contributed by atoms with van der Waals surface area (Å²) < 4.78 is 26.5. The molecule has 25 heavy (non-hydrogen) atoms. The van der Waals surface area contributed by atoms with Gasteiger partial charge >= 0.3 is 5.97 Å². The van der Waals surface area contributed by atoms with Gasteiger partial charge in [0.05, 0.1) is 15.5 Å². The Morgan fingerprint density at radius 1 is 1.12 bits per heavy atom. The Morgan fingerprint density at radius 2 is 1.64 bits per heavy atom. The van der Waals surface area contributed by atoms with E-state index in [0.29, 0.717) is 0 Å². The molecule has 2 rings (SSSR count). The van der Waals surface area contributed by atoms with Crippen molar-refractivity contribution in [2.24, 2.45) is 0 Å². The van der Waals surface area contributed by atoms with Crippen LogP contribution in [0.25, 0.3) is 0 Å². The Hall–Kier alpha value is -2.94. The summed E-state index contributed by atoms with van der Waals surface area (Å²) in [7, 11) is -4.20. The molecule has 0 unspecified atom stereocenters. The van der Waals surface area contributed by atoms with E-state index in [1.165, 1.54) is 0 Å². The average molecular weight is 364 g/mol. The Kier molecular flexibility index (Phi) is 5.07. The van der Waals surface area contributed by atoms with Gasteiger partial charge in [0.15, 0.2) is 0 Å². The molecule has 0 amide bonds. The normalized spacial score (nSPS) is 11.1. The van der Waals surface area contributed by atoms with Crippen molar-refractivity contribution in [2.45, 2.75) is 18.7 Å². The van der Waals surface area contributed by atoms with Crippen molar-refractivity contribution in [1.82, 2.24) is 0 Å². The lowest BCUT2D eigenvalue weighted by Crippen LogP contribution is -2.35. The number of hydrogen-bond acceptors (Lipinski definition) is 5. The first-order valence-corrected chi connectivity index (χ1v) is 8.62. The molecule has 2 aromatic carbocycles. The third kappa shape index (κ3) is 4.13. The number of anilines is 1. The lowest BCUT2D eigenvalue weighted by Gasteiger charge is -2.23. The van der Waals surface area contributed by atoms with Gasteiger partial charge in [0, 0.05) is 12.1 Å². The van der Waals surface area contributed by atoms with Crippen molar-refractivity contribution < 1.29 is 23.2 Å². The van der Waals surface area contributed by atoms with E-state index in [1.807, 2.05) is 6.07 Å². The number of nitrogens with zero attached hydrogens (tertiary/aromatic N) is 2. The molecule has 0 bridgehead atoms. The van der Waals surface area contributed by atoms with E-state index in [2.05, 4.69) is 0 Å². The maximum atomic E-state index is 12.9. The van der Waals surface area contributed by atoms with Gasteiger partial charge in [-0.25, -0.2) is 8.42 Å². The van der Waals surface area contributed by atoms with E-state index in [4.69, 9.17) is 5.11 Å². The maximum Gasteiger partial charge on any atom is 0.324 e. The standard InChI is InChI=1S/C16H16N2O6S/c1-11-7-12(2)9-14(8-11)17(10-16(19)20)25(23,24)15-5-3-13(4-6-15)18(21)22/h3-9H,10H2,1-2H3,(H,19,20). The fourth-order valence-corrected chi connectivity index (χ4v) is 3.80. The van der Waals surface area contributed by atoms with Crippen LogP contribution in [-0.4, -0.2) is 31.0 Å². The molecule has 8 nitrogen and oxygen atoms in total. The highest BCUT2D eigenvalue weighted by molar-refractivity contribution is 7.92. The second kappa shape index (κ2) is 6.89. The first kappa shape index (κ1) is 18.4. The third-order valence-corrected chi connectivity index (χ3v) is 5.20. The topological polar surface area (TPSA) is 118 Å². The van der Waals surface area contributed by atoms with E-state index in [9.17, 15) is 23.3 Å². The van der Waals surface area contributed by atoms with Crippen LogP contribution >= 0.6 is 0 Å². The minimum Gasteiger partial charge on any atom is -0.480 e. The van der Waals surface area contributed by atoms with Crippen LogP contribution in [0.3, 0.4) is 0 Å². The van der Waals surface area contributed by atoms with Crippen molar-refractivity contribution in [3.05, 3.63) is 63.7 Å². The van der Waals surface area contributed by atoms with Crippen LogP contribution in [0.2, 0.25) is 0 Å². The highest BCUT2D eigenvalue weighted by Crippen LogP contribution is 2.26. The van der Waals surface area contributed by atoms with Gasteiger partial charge in [0.25, 0.3) is 15.7 Å². The van der Waals surface area contributed by atoms with E-state index < -0.39 is 27.5 Å². The summed E-state index contributed by atoms with van der Waals surface area (Å²) in [5.74, 6) is -1.32. The van der Waals surface area contributed by atoms with Gasteiger partial charge < -0.3 is 5.11 Å². The first-order chi connectivity index (χ1) is 11.6. The summed E-state index contributed by atoms with van der Waals surface area (Å²) in [5, 5.41) is 19.8. The lowest BCUT2D eigenvalue weighted by molar-refractivity contribution is -0.384. The number of carboxylic acids is 1. The molecule has 2 aromatic rings. The van der Waals surface area contributed by atoms with Gasteiger partial charge in [-0.2, -0.15) is 0 Å². The van der Waals surface area contributed by atoms with Crippen LogP contribution in [0.5, 0.6) is 0 Å². The van der Waals surface area contributed by atoms with Crippen LogP contribution in [0.1, 0.15) is 11.1 Å². The molecule has 9 heteroatoms. The number of sulfonamides is 1. The largest absolute Gasteiger partial charge is 0.480 e. The number of nitro groups is 1. The zero-order valence-corrected chi connectivity index (χ0v) is 14.4. The van der Waals surface area contributed by atoms with E-state index in [1.54, 1.807) is 26.0 Å². The Labute approximate surface area is 144 Å². The molecule has 0 aliphatic carbocycles. The number of carboxylic acid groups (broad SMARTS) is 1. The van der Waals surface area contributed by atoms with Gasteiger partial charge in [0.2, 0.25) is 0 Å². The monoisotopic (exact) mass is 364 g/mol. The maximum absolute atomic E-state index is 12.9. The van der Waals surface area contributed by atoms with Crippen molar-refractivity contribution >= 4 is 27.4 Å². The van der Waals surface area contributed by atoms with Gasteiger partial charge in [-0.1, -0.05) is 6.07 Å². The number of aryl methyl sites for hydroxylation is 2. The van der Waals surface area contributed by atoms with E-state index in [0.717, 1.165) is 39.7 Å². The molecule has 0 aliphatic heterocycles. The van der Waals surface area contributed by atoms with Crippen LogP contribution in [0, 0.1) is 24.0 Å². The lowest BCUT2D eigenvalue weighted by atomic mass is 10.1. The first-order valence-electron chi connectivity index (χ1n) is 7.18. The molecule has 0 atom stereocenters. The predicted octanol–water partition coefficient (Wildman–Crippen LogP) is 2.49.